The van der Waals surface area contributed by atoms with Gasteiger partial charge in [0.25, 0.3) is 5.56 Å². The molecule has 2 N–H and O–H groups in total. The molecule has 24 heavy (non-hydrogen) atoms. The van der Waals surface area contributed by atoms with Crippen LogP contribution >= 0.6 is 23.8 Å². The number of hydrogen-bond donors (Lipinski definition) is 2. The Kier molecular flexibility index (Phi) is 5.13. The first kappa shape index (κ1) is 16.5. The van der Waals surface area contributed by atoms with E-state index in [4.69, 9.17) is 28.6 Å². The molecule has 122 valence electrons. The van der Waals surface area contributed by atoms with Crippen LogP contribution in [0.3, 0.4) is 0 Å². The van der Waals surface area contributed by atoms with E-state index in [0.717, 1.165) is 16.9 Å². The van der Waals surface area contributed by atoms with Gasteiger partial charge in [-0.15, -0.1) is 0 Å². The molecule has 0 atom stereocenters. The quantitative estimate of drug-likeness (QED) is 0.670. The molecule has 0 radical (unpaired) electrons. The van der Waals surface area contributed by atoms with Crippen LogP contribution in [0.5, 0.6) is 5.75 Å². The van der Waals surface area contributed by atoms with Crippen LogP contribution in [0.1, 0.15) is 16.7 Å². The van der Waals surface area contributed by atoms with Gasteiger partial charge in [0.1, 0.15) is 12.4 Å². The van der Waals surface area contributed by atoms with Crippen molar-refractivity contribution < 1.29 is 4.74 Å². The normalized spacial score (nSPS) is 10.5. The highest BCUT2D eigenvalue weighted by atomic mass is 35.5. The van der Waals surface area contributed by atoms with Crippen molar-refractivity contribution in [3.8, 4) is 5.75 Å². The maximum atomic E-state index is 11.9. The van der Waals surface area contributed by atoms with Gasteiger partial charge in [-0.2, -0.15) is 0 Å². The molecular weight excluding hydrogens is 344 g/mol. The average molecular weight is 359 g/mol. The molecule has 0 saturated carbocycles. The van der Waals surface area contributed by atoms with E-state index >= 15 is 0 Å². The van der Waals surface area contributed by atoms with Gasteiger partial charge in [0.15, 0.2) is 4.77 Å². The van der Waals surface area contributed by atoms with Crippen molar-refractivity contribution in [3.05, 3.63) is 91.6 Å². The predicted octanol–water partition coefficient (Wildman–Crippen LogP) is 4.26. The minimum absolute atomic E-state index is 0.177. The highest BCUT2D eigenvalue weighted by molar-refractivity contribution is 7.71. The van der Waals surface area contributed by atoms with Crippen molar-refractivity contribution in [2.45, 2.75) is 13.0 Å². The molecular formula is C18H15ClN2O2S. The van der Waals surface area contributed by atoms with Gasteiger partial charge in [0.05, 0.1) is 0 Å². The monoisotopic (exact) mass is 358 g/mol. The Hall–Kier alpha value is -2.37. The Labute approximate surface area is 149 Å². The fourth-order valence-electron chi connectivity index (χ4n) is 2.33. The zero-order valence-corrected chi connectivity index (χ0v) is 14.3. The van der Waals surface area contributed by atoms with Crippen molar-refractivity contribution in [1.29, 1.82) is 0 Å². The lowest BCUT2D eigenvalue weighted by molar-refractivity contribution is 0.306. The van der Waals surface area contributed by atoms with E-state index in [0.29, 0.717) is 28.4 Å². The Bertz CT molecular complexity index is 965. The summed E-state index contributed by atoms with van der Waals surface area (Å²) in [5.41, 5.74) is 2.43. The van der Waals surface area contributed by atoms with Crippen molar-refractivity contribution in [2.24, 2.45) is 0 Å². The zero-order valence-electron chi connectivity index (χ0n) is 12.7. The van der Waals surface area contributed by atoms with E-state index in [9.17, 15) is 4.79 Å². The molecule has 0 spiro atoms. The number of benzene rings is 2. The van der Waals surface area contributed by atoms with Gasteiger partial charge in [-0.25, -0.2) is 0 Å². The SMILES string of the molecule is O=c1[nH]c(=S)[nH]cc1Cc1cccc(OCc2cccc(Cl)c2)c1. The highest BCUT2D eigenvalue weighted by Crippen LogP contribution is 2.18. The molecule has 3 aromatic rings. The second-order valence-corrected chi connectivity index (χ2v) is 6.18. The van der Waals surface area contributed by atoms with Crippen LogP contribution in [0.2, 0.25) is 5.02 Å². The van der Waals surface area contributed by atoms with E-state index in [1.165, 1.54) is 0 Å². The maximum absolute atomic E-state index is 11.9. The van der Waals surface area contributed by atoms with Crippen molar-refractivity contribution in [3.63, 3.8) is 0 Å². The van der Waals surface area contributed by atoms with Crippen LogP contribution in [0.25, 0.3) is 0 Å². The van der Waals surface area contributed by atoms with Gasteiger partial charge in [-0.3, -0.25) is 9.78 Å². The molecule has 6 heteroatoms. The third-order valence-electron chi connectivity index (χ3n) is 3.48. The largest absolute Gasteiger partial charge is 0.489 e. The Morgan fingerprint density at radius 3 is 2.67 bits per heavy atom. The minimum Gasteiger partial charge on any atom is -0.489 e. The van der Waals surface area contributed by atoms with E-state index in [1.807, 2.05) is 48.5 Å². The lowest BCUT2D eigenvalue weighted by Gasteiger charge is -2.08. The summed E-state index contributed by atoms with van der Waals surface area (Å²) in [4.78, 5) is 17.3. The number of halogens is 1. The highest BCUT2D eigenvalue weighted by Gasteiger charge is 2.04. The van der Waals surface area contributed by atoms with Crippen LogP contribution in [-0.4, -0.2) is 9.97 Å². The Morgan fingerprint density at radius 1 is 1.08 bits per heavy atom. The summed E-state index contributed by atoms with van der Waals surface area (Å²) in [5.74, 6) is 0.743. The first-order valence-electron chi connectivity index (χ1n) is 7.37. The smallest absolute Gasteiger partial charge is 0.255 e. The van der Waals surface area contributed by atoms with Crippen LogP contribution < -0.4 is 10.3 Å². The van der Waals surface area contributed by atoms with E-state index in [-0.39, 0.29) is 5.56 Å². The molecule has 0 saturated heterocycles. The van der Waals surface area contributed by atoms with Gasteiger partial charge in [0.2, 0.25) is 0 Å². The second kappa shape index (κ2) is 7.47. The number of ether oxygens (including phenoxy) is 1. The summed E-state index contributed by atoms with van der Waals surface area (Å²) < 4.78 is 6.13. The van der Waals surface area contributed by atoms with E-state index in [1.54, 1.807) is 6.20 Å². The molecule has 1 heterocycles. The van der Waals surface area contributed by atoms with Gasteiger partial charge >= 0.3 is 0 Å². The lowest BCUT2D eigenvalue weighted by Crippen LogP contribution is -2.13. The fraction of sp³-hybridized carbons (Fsp3) is 0.111. The third-order valence-corrected chi connectivity index (χ3v) is 3.94. The summed E-state index contributed by atoms with van der Waals surface area (Å²) >= 11 is 10.9. The van der Waals surface area contributed by atoms with Crippen LogP contribution in [-0.2, 0) is 13.0 Å². The standard InChI is InChI=1S/C18H15ClN2O2S/c19-15-5-1-4-13(8-15)11-23-16-6-2-3-12(9-16)7-14-10-20-18(24)21-17(14)22/h1-6,8-10H,7,11H2,(H2,20,21,22,24). The zero-order chi connectivity index (χ0) is 16.9. The van der Waals surface area contributed by atoms with Gasteiger partial charge in [0, 0.05) is 23.2 Å². The molecule has 0 amide bonds. The molecule has 0 aliphatic heterocycles. The molecule has 2 aromatic carbocycles. The van der Waals surface area contributed by atoms with Crippen LogP contribution in [0, 0.1) is 4.77 Å². The molecule has 0 fully saturated rings. The predicted molar refractivity (Wildman–Crippen MR) is 97.3 cm³/mol. The molecule has 4 nitrogen and oxygen atoms in total. The first-order valence-corrected chi connectivity index (χ1v) is 8.16. The summed E-state index contributed by atoms with van der Waals surface area (Å²) in [6.45, 7) is 0.434. The number of hydrogen-bond acceptors (Lipinski definition) is 3. The number of rotatable bonds is 5. The molecule has 0 aliphatic carbocycles. The van der Waals surface area contributed by atoms with E-state index < -0.39 is 0 Å². The molecule has 0 unspecified atom stereocenters. The van der Waals surface area contributed by atoms with Crippen molar-refractivity contribution >= 4 is 23.8 Å². The number of aromatic nitrogens is 2. The summed E-state index contributed by atoms with van der Waals surface area (Å²) in [6, 6.07) is 15.2. The summed E-state index contributed by atoms with van der Waals surface area (Å²) in [5, 5.41) is 0.686. The third kappa shape index (κ3) is 4.34. The number of nitrogens with one attached hydrogen (secondary N) is 2. The molecule has 1 aromatic heterocycles. The van der Waals surface area contributed by atoms with Crippen molar-refractivity contribution in [2.75, 3.05) is 0 Å². The average Bonchev–Trinajstić information content (AvgIpc) is 2.56. The second-order valence-electron chi connectivity index (χ2n) is 5.34. The number of H-pyrrole nitrogens is 2. The first-order chi connectivity index (χ1) is 11.6. The maximum Gasteiger partial charge on any atom is 0.255 e. The molecule has 0 bridgehead atoms. The Morgan fingerprint density at radius 2 is 1.88 bits per heavy atom. The van der Waals surface area contributed by atoms with Gasteiger partial charge < -0.3 is 9.72 Å². The van der Waals surface area contributed by atoms with Crippen molar-refractivity contribution in [1.82, 2.24) is 9.97 Å². The fourth-order valence-corrected chi connectivity index (χ4v) is 2.69. The Balaban J connectivity index is 1.72. The summed E-state index contributed by atoms with van der Waals surface area (Å²) in [6.07, 6.45) is 2.14. The number of aromatic amines is 2. The van der Waals surface area contributed by atoms with Gasteiger partial charge in [-0.05, 0) is 47.6 Å². The molecule has 0 aliphatic rings. The lowest BCUT2D eigenvalue weighted by atomic mass is 10.1. The summed E-state index contributed by atoms with van der Waals surface area (Å²) in [7, 11) is 0. The molecule has 3 rings (SSSR count). The topological polar surface area (TPSA) is 57.9 Å². The van der Waals surface area contributed by atoms with Crippen LogP contribution in [0.15, 0.2) is 59.5 Å². The van der Waals surface area contributed by atoms with E-state index in [2.05, 4.69) is 9.97 Å². The van der Waals surface area contributed by atoms with Crippen LogP contribution in [0.4, 0.5) is 0 Å². The van der Waals surface area contributed by atoms with Gasteiger partial charge in [-0.1, -0.05) is 35.9 Å². The minimum atomic E-state index is -0.177.